The number of ether oxygens (including phenoxy) is 1. The maximum atomic E-state index is 11.1. The van der Waals surface area contributed by atoms with Gasteiger partial charge in [0.15, 0.2) is 5.78 Å². The standard InChI is InChI=1S/C10H14O3/c1-7(11)9-5-3-4-8(9)6-10(12)13-2/h3-6H2,1-2H3. The van der Waals surface area contributed by atoms with Gasteiger partial charge in [-0.3, -0.25) is 9.59 Å². The van der Waals surface area contributed by atoms with E-state index in [0.29, 0.717) is 0 Å². The van der Waals surface area contributed by atoms with Crippen molar-refractivity contribution in [1.82, 2.24) is 0 Å². The Bertz CT molecular complexity index is 263. The number of carbonyl (C=O) groups is 2. The van der Waals surface area contributed by atoms with E-state index in [-0.39, 0.29) is 18.2 Å². The molecule has 0 heterocycles. The van der Waals surface area contributed by atoms with Gasteiger partial charge < -0.3 is 4.74 Å². The molecule has 0 amide bonds. The second-order valence-corrected chi connectivity index (χ2v) is 3.24. The Labute approximate surface area is 77.8 Å². The van der Waals surface area contributed by atoms with Crippen LogP contribution in [0.25, 0.3) is 0 Å². The van der Waals surface area contributed by atoms with E-state index in [1.807, 2.05) is 0 Å². The first kappa shape index (κ1) is 9.96. The third kappa shape index (κ3) is 2.41. The number of methoxy groups -OCH3 is 1. The van der Waals surface area contributed by atoms with Gasteiger partial charge >= 0.3 is 5.97 Å². The van der Waals surface area contributed by atoms with Crippen LogP contribution in [0.1, 0.15) is 32.6 Å². The van der Waals surface area contributed by atoms with Gasteiger partial charge in [-0.05, 0) is 31.8 Å². The second kappa shape index (κ2) is 4.21. The van der Waals surface area contributed by atoms with Gasteiger partial charge in [-0.2, -0.15) is 0 Å². The number of allylic oxidation sites excluding steroid dienone is 1. The molecule has 0 aromatic rings. The number of esters is 1. The molecule has 0 spiro atoms. The number of ketones is 1. The van der Waals surface area contributed by atoms with Crippen LogP contribution < -0.4 is 0 Å². The predicted molar refractivity (Wildman–Crippen MR) is 48.2 cm³/mol. The van der Waals surface area contributed by atoms with Crippen molar-refractivity contribution in [2.45, 2.75) is 32.6 Å². The lowest BCUT2D eigenvalue weighted by atomic mass is 10.1. The van der Waals surface area contributed by atoms with Gasteiger partial charge in [-0.1, -0.05) is 5.57 Å². The first-order chi connectivity index (χ1) is 6.15. The van der Waals surface area contributed by atoms with Crippen molar-refractivity contribution in [3.05, 3.63) is 11.1 Å². The fraction of sp³-hybridized carbons (Fsp3) is 0.600. The highest BCUT2D eigenvalue weighted by molar-refractivity contribution is 5.95. The van der Waals surface area contributed by atoms with E-state index in [1.54, 1.807) is 6.92 Å². The van der Waals surface area contributed by atoms with Gasteiger partial charge in [0, 0.05) is 0 Å². The number of rotatable bonds is 3. The molecule has 0 atom stereocenters. The summed E-state index contributed by atoms with van der Waals surface area (Å²) >= 11 is 0. The maximum absolute atomic E-state index is 11.1. The van der Waals surface area contributed by atoms with E-state index in [1.165, 1.54) is 7.11 Å². The van der Waals surface area contributed by atoms with Crippen LogP contribution in [0, 0.1) is 0 Å². The lowest BCUT2D eigenvalue weighted by molar-refractivity contribution is -0.139. The van der Waals surface area contributed by atoms with Gasteiger partial charge in [0.1, 0.15) is 0 Å². The third-order valence-electron chi connectivity index (χ3n) is 2.34. The predicted octanol–water partition coefficient (Wildman–Crippen LogP) is 1.62. The summed E-state index contributed by atoms with van der Waals surface area (Å²) in [6, 6.07) is 0. The fourth-order valence-electron chi connectivity index (χ4n) is 1.67. The van der Waals surface area contributed by atoms with Gasteiger partial charge in [0.05, 0.1) is 13.5 Å². The van der Waals surface area contributed by atoms with Gasteiger partial charge in [0.25, 0.3) is 0 Å². The Morgan fingerprint density at radius 3 is 2.62 bits per heavy atom. The van der Waals surface area contributed by atoms with Crippen LogP contribution in [0.5, 0.6) is 0 Å². The average Bonchev–Trinajstić information content (AvgIpc) is 2.52. The summed E-state index contributed by atoms with van der Waals surface area (Å²) < 4.78 is 4.56. The Morgan fingerprint density at radius 2 is 2.08 bits per heavy atom. The molecule has 0 radical (unpaired) electrons. The Balaban J connectivity index is 2.70. The Morgan fingerprint density at radius 1 is 1.38 bits per heavy atom. The lowest BCUT2D eigenvalue weighted by Crippen LogP contribution is -2.04. The van der Waals surface area contributed by atoms with E-state index < -0.39 is 0 Å². The molecule has 0 unspecified atom stereocenters. The summed E-state index contributed by atoms with van der Waals surface area (Å²) in [4.78, 5) is 22.1. The molecule has 0 bridgehead atoms. The number of Topliss-reactive ketones (excluding diaryl/α,β-unsaturated/α-hetero) is 1. The van der Waals surface area contributed by atoms with E-state index in [4.69, 9.17) is 0 Å². The molecule has 72 valence electrons. The number of carbonyl (C=O) groups excluding carboxylic acids is 2. The molecule has 0 N–H and O–H groups in total. The van der Waals surface area contributed by atoms with Crippen LogP contribution in [0.2, 0.25) is 0 Å². The fourth-order valence-corrected chi connectivity index (χ4v) is 1.67. The zero-order chi connectivity index (χ0) is 9.84. The molecule has 0 saturated heterocycles. The SMILES string of the molecule is COC(=O)CC1=C(C(C)=O)CCC1. The van der Waals surface area contributed by atoms with E-state index in [2.05, 4.69) is 4.74 Å². The van der Waals surface area contributed by atoms with Crippen molar-refractivity contribution in [3.8, 4) is 0 Å². The van der Waals surface area contributed by atoms with Crippen LogP contribution in [-0.2, 0) is 14.3 Å². The summed E-state index contributed by atoms with van der Waals surface area (Å²) in [5, 5.41) is 0. The normalized spacial score (nSPS) is 16.2. The molecule has 13 heavy (non-hydrogen) atoms. The van der Waals surface area contributed by atoms with Gasteiger partial charge in [0.2, 0.25) is 0 Å². The average molecular weight is 182 g/mol. The van der Waals surface area contributed by atoms with Crippen molar-refractivity contribution in [3.63, 3.8) is 0 Å². The Hall–Kier alpha value is -1.12. The summed E-state index contributed by atoms with van der Waals surface area (Å²) in [5.41, 5.74) is 1.81. The third-order valence-corrected chi connectivity index (χ3v) is 2.34. The summed E-state index contributed by atoms with van der Waals surface area (Å²) in [6.07, 6.45) is 2.96. The number of hydrogen-bond acceptors (Lipinski definition) is 3. The van der Waals surface area contributed by atoms with Crippen molar-refractivity contribution in [1.29, 1.82) is 0 Å². The second-order valence-electron chi connectivity index (χ2n) is 3.24. The van der Waals surface area contributed by atoms with Crippen LogP contribution in [0.15, 0.2) is 11.1 Å². The number of hydrogen-bond donors (Lipinski definition) is 0. The highest BCUT2D eigenvalue weighted by Gasteiger charge is 2.19. The quantitative estimate of drug-likeness (QED) is 0.623. The summed E-state index contributed by atoms with van der Waals surface area (Å²) in [7, 11) is 1.37. The van der Waals surface area contributed by atoms with Crippen molar-refractivity contribution in [2.24, 2.45) is 0 Å². The zero-order valence-electron chi connectivity index (χ0n) is 8.05. The van der Waals surface area contributed by atoms with Crippen LogP contribution in [0.3, 0.4) is 0 Å². The highest BCUT2D eigenvalue weighted by Crippen LogP contribution is 2.28. The molecule has 1 rings (SSSR count). The minimum absolute atomic E-state index is 0.0939. The van der Waals surface area contributed by atoms with E-state index >= 15 is 0 Å². The van der Waals surface area contributed by atoms with Gasteiger partial charge in [-0.25, -0.2) is 0 Å². The van der Waals surface area contributed by atoms with Crippen molar-refractivity contribution in [2.75, 3.05) is 7.11 Å². The molecular weight excluding hydrogens is 168 g/mol. The molecule has 0 fully saturated rings. The molecule has 0 aliphatic heterocycles. The van der Waals surface area contributed by atoms with E-state index in [9.17, 15) is 9.59 Å². The lowest BCUT2D eigenvalue weighted by Gasteiger charge is -2.02. The Kier molecular flexibility index (Phi) is 3.23. The molecule has 1 aliphatic rings. The van der Waals surface area contributed by atoms with Crippen LogP contribution in [-0.4, -0.2) is 18.9 Å². The minimum atomic E-state index is -0.254. The molecule has 0 saturated carbocycles. The molecule has 1 aliphatic carbocycles. The highest BCUT2D eigenvalue weighted by atomic mass is 16.5. The smallest absolute Gasteiger partial charge is 0.309 e. The van der Waals surface area contributed by atoms with E-state index in [0.717, 1.165) is 30.4 Å². The van der Waals surface area contributed by atoms with Crippen LogP contribution >= 0.6 is 0 Å². The first-order valence-corrected chi connectivity index (χ1v) is 4.43. The minimum Gasteiger partial charge on any atom is -0.469 e. The van der Waals surface area contributed by atoms with Crippen LogP contribution in [0.4, 0.5) is 0 Å². The van der Waals surface area contributed by atoms with Crippen molar-refractivity contribution >= 4 is 11.8 Å². The molecule has 3 nitrogen and oxygen atoms in total. The topological polar surface area (TPSA) is 43.4 Å². The summed E-state index contributed by atoms with van der Waals surface area (Å²) in [5.74, 6) is -0.160. The largest absolute Gasteiger partial charge is 0.469 e. The monoisotopic (exact) mass is 182 g/mol. The molecule has 3 heteroatoms. The molecule has 0 aromatic carbocycles. The van der Waals surface area contributed by atoms with Gasteiger partial charge in [-0.15, -0.1) is 0 Å². The molecule has 0 aromatic heterocycles. The molecular formula is C10H14O3. The summed E-state index contributed by atoms with van der Waals surface area (Å²) in [6.45, 7) is 1.55. The van der Waals surface area contributed by atoms with Crippen molar-refractivity contribution < 1.29 is 14.3 Å². The maximum Gasteiger partial charge on any atom is 0.309 e. The zero-order valence-corrected chi connectivity index (χ0v) is 8.05. The first-order valence-electron chi connectivity index (χ1n) is 4.43.